The number of carbonyl (C=O) groups excluding carboxylic acids is 1. The van der Waals surface area contributed by atoms with Crippen LogP contribution >= 0.6 is 0 Å². The first-order valence-electron chi connectivity index (χ1n) is 6.80. The van der Waals surface area contributed by atoms with Crippen molar-refractivity contribution in [1.82, 2.24) is 5.32 Å². The van der Waals surface area contributed by atoms with E-state index in [1.807, 2.05) is 18.2 Å². The van der Waals surface area contributed by atoms with Gasteiger partial charge in [0.25, 0.3) is 5.91 Å². The van der Waals surface area contributed by atoms with E-state index >= 15 is 0 Å². The van der Waals surface area contributed by atoms with E-state index in [4.69, 9.17) is 11.2 Å². The first kappa shape index (κ1) is 14.4. The maximum atomic E-state index is 11.7. The largest absolute Gasteiger partial charge is 0.481 e. The smallest absolute Gasteiger partial charge is 0.261 e. The van der Waals surface area contributed by atoms with Crippen LogP contribution in [0.1, 0.15) is 37.0 Å². The molecule has 0 aliphatic heterocycles. The fraction of sp³-hybridized carbons (Fsp3) is 0.438. The standard InChI is InChI=1S/C16H19NO3/c1-3-9-17-16(19)11(2)20-13-8-7-12-5-4-6-15(18)14(12)10-13/h1,7-8,10-11,15,18H,4-6,9H2,2H3,(H,17,19). The van der Waals surface area contributed by atoms with Gasteiger partial charge in [0.05, 0.1) is 12.6 Å². The summed E-state index contributed by atoms with van der Waals surface area (Å²) in [5, 5.41) is 12.6. The molecule has 1 aromatic rings. The Bertz CT molecular complexity index is 533. The molecule has 2 rings (SSSR count). The number of nitrogens with one attached hydrogen (secondary N) is 1. The third kappa shape index (κ3) is 3.31. The quantitative estimate of drug-likeness (QED) is 0.819. The Hall–Kier alpha value is -1.99. The van der Waals surface area contributed by atoms with Crippen LogP contribution in [0.2, 0.25) is 0 Å². The van der Waals surface area contributed by atoms with E-state index in [2.05, 4.69) is 11.2 Å². The second-order valence-electron chi connectivity index (χ2n) is 4.95. The molecule has 2 N–H and O–H groups in total. The molecule has 0 bridgehead atoms. The number of rotatable bonds is 4. The molecule has 4 heteroatoms. The number of amides is 1. The second-order valence-corrected chi connectivity index (χ2v) is 4.95. The zero-order valence-electron chi connectivity index (χ0n) is 11.6. The van der Waals surface area contributed by atoms with Crippen LogP contribution in [0.25, 0.3) is 0 Å². The average molecular weight is 273 g/mol. The number of aryl methyl sites for hydroxylation is 1. The minimum atomic E-state index is -0.623. The third-order valence-electron chi connectivity index (χ3n) is 3.45. The van der Waals surface area contributed by atoms with Crippen LogP contribution in [0.5, 0.6) is 5.75 Å². The summed E-state index contributed by atoms with van der Waals surface area (Å²) in [4.78, 5) is 11.7. The predicted octanol–water partition coefficient (Wildman–Crippen LogP) is 1.57. The van der Waals surface area contributed by atoms with Gasteiger partial charge < -0.3 is 15.2 Å². The highest BCUT2D eigenvalue weighted by Crippen LogP contribution is 2.32. The topological polar surface area (TPSA) is 58.6 Å². The lowest BCUT2D eigenvalue weighted by molar-refractivity contribution is -0.126. The van der Waals surface area contributed by atoms with Crippen LogP contribution in [0, 0.1) is 12.3 Å². The van der Waals surface area contributed by atoms with Gasteiger partial charge in [-0.05, 0) is 49.4 Å². The number of hydrogen-bond donors (Lipinski definition) is 2. The molecule has 0 aromatic heterocycles. The molecule has 2 atom stereocenters. The summed E-state index contributed by atoms with van der Waals surface area (Å²) < 4.78 is 5.60. The van der Waals surface area contributed by atoms with E-state index < -0.39 is 12.2 Å². The van der Waals surface area contributed by atoms with Gasteiger partial charge in [0.2, 0.25) is 0 Å². The molecule has 2 unspecified atom stereocenters. The Balaban J connectivity index is 2.05. The van der Waals surface area contributed by atoms with E-state index in [1.165, 1.54) is 0 Å². The van der Waals surface area contributed by atoms with E-state index in [9.17, 15) is 9.90 Å². The zero-order valence-corrected chi connectivity index (χ0v) is 11.6. The Kier molecular flexibility index (Phi) is 4.65. The molecular weight excluding hydrogens is 254 g/mol. The Morgan fingerprint density at radius 1 is 1.65 bits per heavy atom. The molecule has 106 valence electrons. The molecular formula is C16H19NO3. The van der Waals surface area contributed by atoms with Crippen LogP contribution in [-0.4, -0.2) is 23.7 Å². The summed E-state index contributed by atoms with van der Waals surface area (Å²) in [5.41, 5.74) is 2.06. The van der Waals surface area contributed by atoms with Gasteiger partial charge in [-0.3, -0.25) is 4.79 Å². The number of benzene rings is 1. The number of carbonyl (C=O) groups is 1. The molecule has 1 amide bonds. The van der Waals surface area contributed by atoms with Gasteiger partial charge in [-0.1, -0.05) is 12.0 Å². The molecule has 0 saturated heterocycles. The normalized spacial score (nSPS) is 18.6. The predicted molar refractivity (Wildman–Crippen MR) is 76.3 cm³/mol. The SMILES string of the molecule is C#CCNC(=O)C(C)Oc1ccc2c(c1)C(O)CCC2. The summed E-state index contributed by atoms with van der Waals surface area (Å²) in [7, 11) is 0. The average Bonchev–Trinajstić information content (AvgIpc) is 2.45. The van der Waals surface area contributed by atoms with Gasteiger partial charge in [0.15, 0.2) is 6.10 Å². The van der Waals surface area contributed by atoms with Crippen molar-refractivity contribution in [2.75, 3.05) is 6.54 Å². The van der Waals surface area contributed by atoms with E-state index in [0.29, 0.717) is 5.75 Å². The van der Waals surface area contributed by atoms with Crippen LogP contribution in [0.15, 0.2) is 18.2 Å². The number of ether oxygens (including phenoxy) is 1. The highest BCUT2D eigenvalue weighted by Gasteiger charge is 2.20. The van der Waals surface area contributed by atoms with E-state index in [-0.39, 0.29) is 12.5 Å². The molecule has 20 heavy (non-hydrogen) atoms. The first-order valence-corrected chi connectivity index (χ1v) is 6.80. The van der Waals surface area contributed by atoms with Crippen LogP contribution in [0.4, 0.5) is 0 Å². The monoisotopic (exact) mass is 273 g/mol. The van der Waals surface area contributed by atoms with Gasteiger partial charge in [-0.15, -0.1) is 6.42 Å². The van der Waals surface area contributed by atoms with Gasteiger partial charge in [-0.2, -0.15) is 0 Å². The fourth-order valence-corrected chi connectivity index (χ4v) is 2.37. The van der Waals surface area contributed by atoms with Crippen molar-refractivity contribution in [3.05, 3.63) is 29.3 Å². The molecule has 4 nitrogen and oxygen atoms in total. The molecule has 0 saturated carbocycles. The van der Waals surface area contributed by atoms with E-state index in [0.717, 1.165) is 30.4 Å². The summed E-state index contributed by atoms with van der Waals surface area (Å²) in [6.07, 6.45) is 6.78. The molecule has 1 aliphatic carbocycles. The summed E-state index contributed by atoms with van der Waals surface area (Å²) in [6.45, 7) is 1.86. The lowest BCUT2D eigenvalue weighted by atomic mass is 9.89. The summed E-state index contributed by atoms with van der Waals surface area (Å²) in [6, 6.07) is 5.62. The lowest BCUT2D eigenvalue weighted by Gasteiger charge is -2.22. The summed E-state index contributed by atoms with van der Waals surface area (Å²) in [5.74, 6) is 2.69. The number of aliphatic hydroxyl groups excluding tert-OH is 1. The van der Waals surface area contributed by atoms with Crippen molar-refractivity contribution >= 4 is 5.91 Å². The number of fused-ring (bicyclic) bond motifs is 1. The van der Waals surface area contributed by atoms with Crippen molar-refractivity contribution in [2.45, 2.75) is 38.4 Å². The minimum absolute atomic E-state index is 0.190. The Labute approximate surface area is 119 Å². The highest BCUT2D eigenvalue weighted by atomic mass is 16.5. The first-order chi connectivity index (χ1) is 9.61. The van der Waals surface area contributed by atoms with Crippen LogP contribution in [-0.2, 0) is 11.2 Å². The fourth-order valence-electron chi connectivity index (χ4n) is 2.37. The molecule has 0 radical (unpaired) electrons. The van der Waals surface area contributed by atoms with Gasteiger partial charge >= 0.3 is 0 Å². The van der Waals surface area contributed by atoms with Crippen molar-refractivity contribution in [3.8, 4) is 18.1 Å². The van der Waals surface area contributed by atoms with Gasteiger partial charge in [0.1, 0.15) is 5.75 Å². The van der Waals surface area contributed by atoms with Crippen LogP contribution < -0.4 is 10.1 Å². The van der Waals surface area contributed by atoms with Gasteiger partial charge in [-0.25, -0.2) is 0 Å². The Morgan fingerprint density at radius 2 is 2.45 bits per heavy atom. The molecule has 1 aromatic carbocycles. The summed E-state index contributed by atoms with van der Waals surface area (Å²) >= 11 is 0. The maximum absolute atomic E-state index is 11.7. The van der Waals surface area contributed by atoms with Crippen molar-refractivity contribution in [1.29, 1.82) is 0 Å². The number of terminal acetylenes is 1. The number of aliphatic hydroxyl groups is 1. The number of hydrogen-bond acceptors (Lipinski definition) is 3. The highest BCUT2D eigenvalue weighted by molar-refractivity contribution is 5.80. The van der Waals surface area contributed by atoms with E-state index in [1.54, 1.807) is 6.92 Å². The lowest BCUT2D eigenvalue weighted by Crippen LogP contribution is -2.36. The second kappa shape index (κ2) is 6.44. The third-order valence-corrected chi connectivity index (χ3v) is 3.45. The molecule has 1 aliphatic rings. The zero-order chi connectivity index (χ0) is 14.5. The van der Waals surface area contributed by atoms with Crippen molar-refractivity contribution in [3.63, 3.8) is 0 Å². The molecule has 0 heterocycles. The van der Waals surface area contributed by atoms with Crippen molar-refractivity contribution < 1.29 is 14.6 Å². The maximum Gasteiger partial charge on any atom is 0.261 e. The van der Waals surface area contributed by atoms with Crippen molar-refractivity contribution in [2.24, 2.45) is 0 Å². The molecule has 0 spiro atoms. The molecule has 0 fully saturated rings. The van der Waals surface area contributed by atoms with Gasteiger partial charge in [0, 0.05) is 0 Å². The minimum Gasteiger partial charge on any atom is -0.481 e. The Morgan fingerprint density at radius 3 is 3.20 bits per heavy atom. The van der Waals surface area contributed by atoms with Crippen LogP contribution in [0.3, 0.4) is 0 Å².